The molecule has 0 spiro atoms. The average Bonchev–Trinajstić information content (AvgIpc) is 3.53. The number of para-hydroxylation sites is 1. The van der Waals surface area contributed by atoms with E-state index in [1.54, 1.807) is 30.5 Å². The van der Waals surface area contributed by atoms with E-state index in [9.17, 15) is 0 Å². The fourth-order valence-electron chi connectivity index (χ4n) is 3.18. The highest BCUT2D eigenvalue weighted by Crippen LogP contribution is 2.35. The number of halogens is 2. The standard InChI is InChI=1S/C22H15Cl2N5O2S/c1-13-5-2-3-6-17(13)29-20(15-9-8-14(23)11-16(15)24)26-28-22(29)32-12-19-25-27-21(31-19)18-7-4-10-30-18/h2-11H,12H2,1H3. The van der Waals surface area contributed by atoms with E-state index in [0.717, 1.165) is 16.8 Å². The first kappa shape index (κ1) is 20.8. The van der Waals surface area contributed by atoms with Crippen molar-refractivity contribution in [3.8, 4) is 28.7 Å². The van der Waals surface area contributed by atoms with Gasteiger partial charge in [0.15, 0.2) is 16.7 Å². The second-order valence-corrected chi connectivity index (χ2v) is 8.61. The van der Waals surface area contributed by atoms with Gasteiger partial charge in [0, 0.05) is 10.6 Å². The number of rotatable bonds is 6. The Labute approximate surface area is 197 Å². The molecule has 0 amide bonds. The zero-order valence-electron chi connectivity index (χ0n) is 16.7. The summed E-state index contributed by atoms with van der Waals surface area (Å²) in [7, 11) is 0. The summed E-state index contributed by atoms with van der Waals surface area (Å²) in [5, 5.41) is 18.7. The van der Waals surface area contributed by atoms with Crippen LogP contribution in [0.1, 0.15) is 11.5 Å². The molecule has 0 bridgehead atoms. The molecule has 3 aromatic heterocycles. The summed E-state index contributed by atoms with van der Waals surface area (Å²) >= 11 is 14.0. The summed E-state index contributed by atoms with van der Waals surface area (Å²) in [6.07, 6.45) is 1.56. The molecule has 0 aliphatic rings. The van der Waals surface area contributed by atoms with Crippen LogP contribution >= 0.6 is 35.0 Å². The van der Waals surface area contributed by atoms with Gasteiger partial charge in [0.1, 0.15) is 0 Å². The van der Waals surface area contributed by atoms with Crippen molar-refractivity contribution >= 4 is 35.0 Å². The first-order valence-corrected chi connectivity index (χ1v) is 11.3. The van der Waals surface area contributed by atoms with Gasteiger partial charge in [0.2, 0.25) is 5.89 Å². The SMILES string of the molecule is Cc1ccccc1-n1c(SCc2nnc(-c3ccco3)o2)nnc1-c1ccc(Cl)cc1Cl. The Balaban J connectivity index is 1.51. The predicted molar refractivity (Wildman–Crippen MR) is 123 cm³/mol. The lowest BCUT2D eigenvalue weighted by Crippen LogP contribution is -2.02. The maximum Gasteiger partial charge on any atom is 0.283 e. The highest BCUT2D eigenvalue weighted by atomic mass is 35.5. The van der Waals surface area contributed by atoms with E-state index in [2.05, 4.69) is 20.4 Å². The van der Waals surface area contributed by atoms with Crippen molar-refractivity contribution in [1.29, 1.82) is 0 Å². The topological polar surface area (TPSA) is 82.8 Å². The molecule has 0 unspecified atom stereocenters. The molecular weight excluding hydrogens is 469 g/mol. The molecule has 10 heteroatoms. The number of hydrogen-bond donors (Lipinski definition) is 0. The fraction of sp³-hybridized carbons (Fsp3) is 0.0909. The number of benzene rings is 2. The summed E-state index contributed by atoms with van der Waals surface area (Å²) in [5.74, 6) is 2.33. The zero-order chi connectivity index (χ0) is 22.1. The Bertz CT molecular complexity index is 1380. The van der Waals surface area contributed by atoms with Crippen molar-refractivity contribution in [2.75, 3.05) is 0 Å². The number of furan rings is 1. The Morgan fingerprint density at radius 1 is 0.969 bits per heavy atom. The van der Waals surface area contributed by atoms with Crippen molar-refractivity contribution in [3.63, 3.8) is 0 Å². The smallest absolute Gasteiger partial charge is 0.283 e. The maximum atomic E-state index is 6.48. The van der Waals surface area contributed by atoms with Gasteiger partial charge in [-0.3, -0.25) is 4.57 Å². The van der Waals surface area contributed by atoms with E-state index in [-0.39, 0.29) is 0 Å². The molecule has 5 aromatic rings. The van der Waals surface area contributed by atoms with E-state index in [4.69, 9.17) is 32.0 Å². The van der Waals surface area contributed by atoms with Crippen LogP contribution in [-0.4, -0.2) is 25.0 Å². The Morgan fingerprint density at radius 2 is 1.84 bits per heavy atom. The van der Waals surface area contributed by atoms with Crippen molar-refractivity contribution in [3.05, 3.63) is 82.4 Å². The van der Waals surface area contributed by atoms with Gasteiger partial charge in [-0.1, -0.05) is 53.2 Å². The average molecular weight is 484 g/mol. The van der Waals surface area contributed by atoms with E-state index in [1.807, 2.05) is 41.8 Å². The van der Waals surface area contributed by atoms with Gasteiger partial charge in [-0.25, -0.2) is 0 Å². The van der Waals surface area contributed by atoms with Crippen LogP contribution < -0.4 is 0 Å². The van der Waals surface area contributed by atoms with Crippen LogP contribution in [0.15, 0.2) is 74.9 Å². The highest BCUT2D eigenvalue weighted by Gasteiger charge is 2.20. The quantitative estimate of drug-likeness (QED) is 0.255. The van der Waals surface area contributed by atoms with E-state index >= 15 is 0 Å². The molecule has 160 valence electrons. The molecule has 3 heterocycles. The van der Waals surface area contributed by atoms with Gasteiger partial charge in [-0.05, 0) is 48.9 Å². The minimum atomic E-state index is 0.333. The van der Waals surface area contributed by atoms with Crippen LogP contribution in [0.4, 0.5) is 0 Å². The molecule has 7 nitrogen and oxygen atoms in total. The number of thioether (sulfide) groups is 1. The molecule has 0 saturated heterocycles. The lowest BCUT2D eigenvalue weighted by atomic mass is 10.1. The van der Waals surface area contributed by atoms with Gasteiger partial charge in [0.05, 0.1) is 22.7 Å². The monoisotopic (exact) mass is 483 g/mol. The van der Waals surface area contributed by atoms with Crippen LogP contribution in [-0.2, 0) is 5.75 Å². The molecule has 0 saturated carbocycles. The molecule has 0 aliphatic heterocycles. The van der Waals surface area contributed by atoms with Crippen molar-refractivity contribution < 1.29 is 8.83 Å². The highest BCUT2D eigenvalue weighted by molar-refractivity contribution is 7.98. The summed E-state index contributed by atoms with van der Waals surface area (Å²) < 4.78 is 13.0. The molecule has 0 aliphatic carbocycles. The normalized spacial score (nSPS) is 11.2. The van der Waals surface area contributed by atoms with Crippen molar-refractivity contribution in [2.24, 2.45) is 0 Å². The molecule has 2 aromatic carbocycles. The van der Waals surface area contributed by atoms with Gasteiger partial charge in [0.25, 0.3) is 5.89 Å². The van der Waals surface area contributed by atoms with Gasteiger partial charge in [-0.2, -0.15) is 0 Å². The summed E-state index contributed by atoms with van der Waals surface area (Å²) in [6, 6.07) is 16.8. The summed E-state index contributed by atoms with van der Waals surface area (Å²) in [5.41, 5.74) is 2.75. The second-order valence-electron chi connectivity index (χ2n) is 6.82. The Hall–Kier alpha value is -3.07. The van der Waals surface area contributed by atoms with Gasteiger partial charge >= 0.3 is 0 Å². The summed E-state index contributed by atoms with van der Waals surface area (Å²) in [6.45, 7) is 2.03. The number of nitrogens with zero attached hydrogens (tertiary/aromatic N) is 5. The van der Waals surface area contributed by atoms with Crippen LogP contribution in [0.25, 0.3) is 28.7 Å². The second kappa shape index (κ2) is 8.82. The van der Waals surface area contributed by atoms with E-state index in [0.29, 0.717) is 44.3 Å². The van der Waals surface area contributed by atoms with Crippen molar-refractivity contribution in [2.45, 2.75) is 17.8 Å². The largest absolute Gasteiger partial charge is 0.459 e. The molecule has 32 heavy (non-hydrogen) atoms. The van der Waals surface area contributed by atoms with Crippen LogP contribution in [0.2, 0.25) is 10.0 Å². The third-order valence-electron chi connectivity index (χ3n) is 4.69. The lowest BCUT2D eigenvalue weighted by Gasteiger charge is -2.13. The minimum Gasteiger partial charge on any atom is -0.459 e. The van der Waals surface area contributed by atoms with Crippen molar-refractivity contribution in [1.82, 2.24) is 25.0 Å². The maximum absolute atomic E-state index is 6.48. The van der Waals surface area contributed by atoms with Crippen LogP contribution in [0.3, 0.4) is 0 Å². The molecule has 0 fully saturated rings. The molecule has 5 rings (SSSR count). The predicted octanol–water partition coefficient (Wildman–Crippen LogP) is 6.48. The Kier molecular flexibility index (Phi) is 5.73. The molecule has 0 N–H and O–H groups in total. The number of hydrogen-bond acceptors (Lipinski definition) is 7. The number of aromatic nitrogens is 5. The molecule has 0 radical (unpaired) electrons. The first-order chi connectivity index (χ1) is 15.6. The fourth-order valence-corrected chi connectivity index (χ4v) is 4.45. The van der Waals surface area contributed by atoms with E-state index in [1.165, 1.54) is 11.8 Å². The zero-order valence-corrected chi connectivity index (χ0v) is 19.0. The summed E-state index contributed by atoms with van der Waals surface area (Å²) in [4.78, 5) is 0. The minimum absolute atomic E-state index is 0.333. The van der Waals surface area contributed by atoms with E-state index < -0.39 is 0 Å². The number of aryl methyl sites for hydroxylation is 1. The molecular formula is C22H15Cl2N5O2S. The Morgan fingerprint density at radius 3 is 2.62 bits per heavy atom. The molecule has 0 atom stereocenters. The van der Waals surface area contributed by atoms with Gasteiger partial charge in [-0.15, -0.1) is 20.4 Å². The first-order valence-electron chi connectivity index (χ1n) is 9.56. The lowest BCUT2D eigenvalue weighted by molar-refractivity contribution is 0.494. The van der Waals surface area contributed by atoms with Gasteiger partial charge < -0.3 is 8.83 Å². The third-order valence-corrected chi connectivity index (χ3v) is 6.15. The van der Waals surface area contributed by atoms with Crippen LogP contribution in [0.5, 0.6) is 0 Å². The van der Waals surface area contributed by atoms with Crippen LogP contribution in [0, 0.1) is 6.92 Å². The third kappa shape index (κ3) is 4.04.